The van der Waals surface area contributed by atoms with E-state index in [0.29, 0.717) is 0 Å². The third-order valence-electron chi connectivity index (χ3n) is 2.17. The summed E-state index contributed by atoms with van der Waals surface area (Å²) in [5.41, 5.74) is -0.862. The van der Waals surface area contributed by atoms with E-state index in [9.17, 15) is 14.0 Å². The van der Waals surface area contributed by atoms with Gasteiger partial charge in [0.05, 0.1) is 6.20 Å². The van der Waals surface area contributed by atoms with E-state index in [4.69, 9.17) is 9.84 Å². The lowest BCUT2D eigenvalue weighted by molar-refractivity contribution is 0.0529. The number of pyridine rings is 1. The van der Waals surface area contributed by atoms with Crippen LogP contribution >= 0.6 is 0 Å². The smallest absolute Gasteiger partial charge is 0.407 e. The predicted octanol–water partition coefficient (Wildman–Crippen LogP) is 1.86. The number of aromatic carboxylic acids is 1. The molecule has 0 bridgehead atoms. The fourth-order valence-electron chi connectivity index (χ4n) is 1.40. The summed E-state index contributed by atoms with van der Waals surface area (Å²) in [4.78, 5) is 26.0. The summed E-state index contributed by atoms with van der Waals surface area (Å²) in [6.07, 6.45) is 0.339. The molecule has 0 aromatic carbocycles. The summed E-state index contributed by atoms with van der Waals surface area (Å²) in [5.74, 6) is -1.98. The van der Waals surface area contributed by atoms with Gasteiger partial charge in [-0.05, 0) is 26.8 Å². The Kier molecular flexibility index (Phi) is 5.45. The van der Waals surface area contributed by atoms with E-state index >= 15 is 0 Å². The van der Waals surface area contributed by atoms with E-state index in [1.807, 2.05) is 0 Å². The Labute approximate surface area is 121 Å². The number of carbonyl (C=O) groups is 2. The van der Waals surface area contributed by atoms with Crippen LogP contribution in [0.4, 0.5) is 15.0 Å². The van der Waals surface area contributed by atoms with Crippen molar-refractivity contribution in [3.05, 3.63) is 23.6 Å². The van der Waals surface area contributed by atoms with Gasteiger partial charge in [-0.2, -0.15) is 0 Å². The SMILES string of the molecule is CC(C)(C)OC(=O)NCCNc1ncc(F)cc1C(=O)O. The Balaban J connectivity index is 2.47. The average Bonchev–Trinajstić information content (AvgIpc) is 2.33. The quantitative estimate of drug-likeness (QED) is 0.717. The third kappa shape index (κ3) is 6.07. The van der Waals surface area contributed by atoms with Gasteiger partial charge in [0.15, 0.2) is 0 Å². The van der Waals surface area contributed by atoms with Crippen molar-refractivity contribution in [3.8, 4) is 0 Å². The molecule has 1 heterocycles. The zero-order chi connectivity index (χ0) is 16.0. The molecule has 8 heteroatoms. The van der Waals surface area contributed by atoms with Gasteiger partial charge in [-0.1, -0.05) is 0 Å². The van der Waals surface area contributed by atoms with Crippen LogP contribution in [0.5, 0.6) is 0 Å². The molecule has 0 spiro atoms. The molecular weight excluding hydrogens is 281 g/mol. The van der Waals surface area contributed by atoms with Crippen molar-refractivity contribution in [2.75, 3.05) is 18.4 Å². The fourth-order valence-corrected chi connectivity index (χ4v) is 1.40. The van der Waals surface area contributed by atoms with Crippen molar-refractivity contribution < 1.29 is 23.8 Å². The summed E-state index contributed by atoms with van der Waals surface area (Å²) in [5, 5.41) is 14.1. The first-order valence-corrected chi connectivity index (χ1v) is 6.28. The molecule has 0 saturated carbocycles. The molecular formula is C13H18FN3O4. The van der Waals surface area contributed by atoms with Crippen LogP contribution in [0.3, 0.4) is 0 Å². The minimum atomic E-state index is -1.29. The van der Waals surface area contributed by atoms with E-state index in [2.05, 4.69) is 15.6 Å². The number of anilines is 1. The molecule has 0 saturated heterocycles. The maximum Gasteiger partial charge on any atom is 0.407 e. The molecule has 116 valence electrons. The second-order valence-corrected chi connectivity index (χ2v) is 5.21. The molecule has 3 N–H and O–H groups in total. The van der Waals surface area contributed by atoms with Crippen LogP contribution in [0.1, 0.15) is 31.1 Å². The van der Waals surface area contributed by atoms with Gasteiger partial charge in [0.25, 0.3) is 0 Å². The molecule has 0 aliphatic rings. The number of rotatable bonds is 5. The average molecular weight is 299 g/mol. The molecule has 1 amide bonds. The van der Waals surface area contributed by atoms with Gasteiger partial charge >= 0.3 is 12.1 Å². The predicted molar refractivity (Wildman–Crippen MR) is 73.9 cm³/mol. The second-order valence-electron chi connectivity index (χ2n) is 5.21. The lowest BCUT2D eigenvalue weighted by atomic mass is 10.2. The van der Waals surface area contributed by atoms with Gasteiger partial charge in [0.2, 0.25) is 0 Å². The largest absolute Gasteiger partial charge is 0.478 e. The zero-order valence-corrected chi connectivity index (χ0v) is 12.1. The Morgan fingerprint density at radius 2 is 2.05 bits per heavy atom. The maximum atomic E-state index is 12.9. The van der Waals surface area contributed by atoms with Crippen LogP contribution in [0.15, 0.2) is 12.3 Å². The molecule has 0 fully saturated rings. The number of nitrogens with one attached hydrogen (secondary N) is 2. The summed E-state index contributed by atoms with van der Waals surface area (Å²) in [7, 11) is 0. The normalized spacial score (nSPS) is 10.9. The van der Waals surface area contributed by atoms with Gasteiger partial charge in [0, 0.05) is 13.1 Å². The van der Waals surface area contributed by atoms with Crippen molar-refractivity contribution in [1.82, 2.24) is 10.3 Å². The van der Waals surface area contributed by atoms with E-state index < -0.39 is 23.5 Å². The van der Waals surface area contributed by atoms with E-state index in [0.717, 1.165) is 12.3 Å². The number of alkyl carbamates (subject to hydrolysis) is 1. The van der Waals surface area contributed by atoms with Crippen molar-refractivity contribution in [2.45, 2.75) is 26.4 Å². The summed E-state index contributed by atoms with van der Waals surface area (Å²) < 4.78 is 18.0. The highest BCUT2D eigenvalue weighted by atomic mass is 19.1. The molecule has 0 unspecified atom stereocenters. The number of carboxylic acid groups (broad SMARTS) is 1. The van der Waals surface area contributed by atoms with Crippen molar-refractivity contribution in [1.29, 1.82) is 0 Å². The number of carboxylic acids is 1. The number of hydrogen-bond acceptors (Lipinski definition) is 5. The van der Waals surface area contributed by atoms with Gasteiger partial charge in [-0.25, -0.2) is 19.0 Å². The van der Waals surface area contributed by atoms with Crippen molar-refractivity contribution in [2.24, 2.45) is 0 Å². The second kappa shape index (κ2) is 6.87. The van der Waals surface area contributed by atoms with E-state index in [1.54, 1.807) is 20.8 Å². The Morgan fingerprint density at radius 3 is 2.62 bits per heavy atom. The van der Waals surface area contributed by atoms with Crippen LogP contribution in [0, 0.1) is 5.82 Å². The highest BCUT2D eigenvalue weighted by Crippen LogP contribution is 2.13. The number of ether oxygens (including phenoxy) is 1. The topological polar surface area (TPSA) is 101 Å². The summed E-state index contributed by atoms with van der Waals surface area (Å²) in [6.45, 7) is 5.65. The van der Waals surface area contributed by atoms with Gasteiger partial charge in [-0.15, -0.1) is 0 Å². The van der Waals surface area contributed by atoms with E-state index in [-0.39, 0.29) is 24.5 Å². The molecule has 0 aliphatic carbocycles. The Hall–Kier alpha value is -2.38. The first-order valence-electron chi connectivity index (χ1n) is 6.28. The zero-order valence-electron chi connectivity index (χ0n) is 12.1. The molecule has 21 heavy (non-hydrogen) atoms. The van der Waals surface area contributed by atoms with Crippen LogP contribution in [-0.2, 0) is 4.74 Å². The maximum absolute atomic E-state index is 12.9. The number of amides is 1. The monoisotopic (exact) mass is 299 g/mol. The summed E-state index contributed by atoms with van der Waals surface area (Å²) >= 11 is 0. The van der Waals surface area contributed by atoms with Crippen LogP contribution in [-0.4, -0.2) is 40.8 Å². The highest BCUT2D eigenvalue weighted by molar-refractivity contribution is 5.93. The standard InChI is InChI=1S/C13H18FN3O4/c1-13(2,3)21-12(20)16-5-4-15-10-9(11(18)19)6-8(14)7-17-10/h6-7H,4-5H2,1-3H3,(H,15,17)(H,16,20)(H,18,19). The van der Waals surface area contributed by atoms with Crippen LogP contribution in [0.2, 0.25) is 0 Å². The fraction of sp³-hybridized carbons (Fsp3) is 0.462. The number of hydrogen-bond donors (Lipinski definition) is 3. The first kappa shape index (κ1) is 16.7. The summed E-state index contributed by atoms with van der Waals surface area (Å²) in [6, 6.07) is 0.874. The minimum absolute atomic E-state index is 0.0369. The molecule has 1 aromatic heterocycles. The third-order valence-corrected chi connectivity index (χ3v) is 2.17. The van der Waals surface area contributed by atoms with E-state index in [1.165, 1.54) is 0 Å². The van der Waals surface area contributed by atoms with Crippen molar-refractivity contribution >= 4 is 17.9 Å². The van der Waals surface area contributed by atoms with Crippen LogP contribution < -0.4 is 10.6 Å². The first-order chi connectivity index (χ1) is 9.69. The molecule has 7 nitrogen and oxygen atoms in total. The van der Waals surface area contributed by atoms with Gasteiger partial charge in [-0.3, -0.25) is 0 Å². The van der Waals surface area contributed by atoms with Gasteiger partial charge < -0.3 is 20.5 Å². The molecule has 0 aliphatic heterocycles. The number of nitrogens with zero attached hydrogens (tertiary/aromatic N) is 1. The molecule has 1 aromatic rings. The van der Waals surface area contributed by atoms with Crippen LogP contribution in [0.25, 0.3) is 0 Å². The highest BCUT2D eigenvalue weighted by Gasteiger charge is 2.16. The number of carbonyl (C=O) groups excluding carboxylic acids is 1. The molecule has 0 radical (unpaired) electrons. The van der Waals surface area contributed by atoms with Gasteiger partial charge in [0.1, 0.15) is 22.8 Å². The molecule has 1 rings (SSSR count). The lowest BCUT2D eigenvalue weighted by Gasteiger charge is -2.19. The minimum Gasteiger partial charge on any atom is -0.478 e. The Bertz CT molecular complexity index is 529. The van der Waals surface area contributed by atoms with Crippen molar-refractivity contribution in [3.63, 3.8) is 0 Å². The number of halogens is 1. The molecule has 0 atom stereocenters. The lowest BCUT2D eigenvalue weighted by Crippen LogP contribution is -2.35. The number of aromatic nitrogens is 1. The Morgan fingerprint density at radius 1 is 1.38 bits per heavy atom.